The van der Waals surface area contributed by atoms with E-state index < -0.39 is 6.04 Å². The van der Waals surface area contributed by atoms with E-state index in [9.17, 15) is 4.79 Å². The van der Waals surface area contributed by atoms with Crippen molar-refractivity contribution in [2.75, 3.05) is 39.9 Å². The van der Waals surface area contributed by atoms with Crippen LogP contribution in [0.3, 0.4) is 0 Å². The Morgan fingerprint density at radius 2 is 2.00 bits per heavy atom. The SMILES string of the molecule is COCC(N)C(=O)N1CCN(Cc2ccc(Br)s2)CC1.Cl.Cl. The molecule has 1 aliphatic rings. The van der Waals surface area contributed by atoms with Gasteiger partial charge >= 0.3 is 0 Å². The molecule has 0 aromatic carbocycles. The van der Waals surface area contributed by atoms with Gasteiger partial charge in [0.15, 0.2) is 0 Å². The summed E-state index contributed by atoms with van der Waals surface area (Å²) in [4.78, 5) is 17.6. The minimum absolute atomic E-state index is 0. The molecule has 9 heteroatoms. The number of amides is 1. The van der Waals surface area contributed by atoms with Gasteiger partial charge in [0, 0.05) is 44.7 Å². The molecule has 1 saturated heterocycles. The number of thiophene rings is 1. The second-order valence-electron chi connectivity index (χ2n) is 4.87. The van der Waals surface area contributed by atoms with Crippen LogP contribution < -0.4 is 5.73 Å². The highest BCUT2D eigenvalue weighted by molar-refractivity contribution is 9.11. The first-order valence-electron chi connectivity index (χ1n) is 6.60. The summed E-state index contributed by atoms with van der Waals surface area (Å²) in [5.74, 6) is -0.00892. The number of piperazine rings is 1. The summed E-state index contributed by atoms with van der Waals surface area (Å²) in [6.45, 7) is 4.48. The van der Waals surface area contributed by atoms with Crippen molar-refractivity contribution in [2.45, 2.75) is 12.6 Å². The monoisotopic (exact) mass is 433 g/mol. The number of ether oxygens (including phenoxy) is 1. The molecule has 0 saturated carbocycles. The van der Waals surface area contributed by atoms with E-state index in [1.807, 2.05) is 4.90 Å². The molecule has 22 heavy (non-hydrogen) atoms. The molecule has 1 aromatic heterocycles. The zero-order valence-corrected chi connectivity index (χ0v) is 16.4. The molecule has 1 fully saturated rings. The fraction of sp³-hybridized carbons (Fsp3) is 0.615. The number of nitrogens with two attached hydrogens (primary N) is 1. The minimum Gasteiger partial charge on any atom is -0.383 e. The van der Waals surface area contributed by atoms with Crippen molar-refractivity contribution >= 4 is 58.0 Å². The molecule has 1 atom stereocenters. The molecule has 1 amide bonds. The van der Waals surface area contributed by atoms with Crippen molar-refractivity contribution < 1.29 is 9.53 Å². The quantitative estimate of drug-likeness (QED) is 0.769. The van der Waals surface area contributed by atoms with Crippen LogP contribution in [0.4, 0.5) is 0 Å². The van der Waals surface area contributed by atoms with Crippen LogP contribution in [0.25, 0.3) is 0 Å². The van der Waals surface area contributed by atoms with Gasteiger partial charge in [-0.05, 0) is 28.1 Å². The van der Waals surface area contributed by atoms with Gasteiger partial charge < -0.3 is 15.4 Å². The van der Waals surface area contributed by atoms with Crippen molar-refractivity contribution in [3.8, 4) is 0 Å². The van der Waals surface area contributed by atoms with E-state index in [1.165, 1.54) is 4.88 Å². The second-order valence-corrected chi connectivity index (χ2v) is 7.42. The number of nitrogens with zero attached hydrogens (tertiary/aromatic N) is 2. The standard InChI is InChI=1S/C13H20BrN3O2S.2ClH/c1-19-9-11(15)13(18)17-6-4-16(5-7-17)8-10-2-3-12(14)20-10;;/h2-3,11H,4-9,15H2,1H3;2*1H. The van der Waals surface area contributed by atoms with Gasteiger partial charge in [0.25, 0.3) is 0 Å². The molecule has 2 rings (SSSR count). The molecule has 0 spiro atoms. The van der Waals surface area contributed by atoms with E-state index in [0.717, 1.165) is 36.5 Å². The van der Waals surface area contributed by atoms with Gasteiger partial charge in [0.2, 0.25) is 5.91 Å². The third-order valence-corrected chi connectivity index (χ3v) is 4.96. The van der Waals surface area contributed by atoms with Crippen LogP contribution in [-0.2, 0) is 16.1 Å². The van der Waals surface area contributed by atoms with Crippen LogP contribution in [0.5, 0.6) is 0 Å². The molecule has 128 valence electrons. The molecule has 1 aromatic rings. The normalized spacial score (nSPS) is 16.6. The first kappa shape index (κ1) is 22.1. The summed E-state index contributed by atoms with van der Waals surface area (Å²) < 4.78 is 6.09. The Morgan fingerprint density at radius 3 is 2.50 bits per heavy atom. The van der Waals surface area contributed by atoms with E-state index in [-0.39, 0.29) is 37.3 Å². The average Bonchev–Trinajstić information content (AvgIpc) is 2.84. The molecule has 1 aliphatic heterocycles. The molecule has 2 heterocycles. The smallest absolute Gasteiger partial charge is 0.241 e. The lowest BCUT2D eigenvalue weighted by atomic mass is 10.2. The first-order valence-corrected chi connectivity index (χ1v) is 8.21. The van der Waals surface area contributed by atoms with Crippen LogP contribution in [0, 0.1) is 0 Å². The molecular weight excluding hydrogens is 413 g/mol. The first-order chi connectivity index (χ1) is 9.60. The topological polar surface area (TPSA) is 58.8 Å². The summed E-state index contributed by atoms with van der Waals surface area (Å²) in [6, 6.07) is 3.67. The zero-order chi connectivity index (χ0) is 14.5. The Morgan fingerprint density at radius 1 is 1.36 bits per heavy atom. The van der Waals surface area contributed by atoms with Crippen molar-refractivity contribution in [3.63, 3.8) is 0 Å². The van der Waals surface area contributed by atoms with Crippen molar-refractivity contribution in [2.24, 2.45) is 5.73 Å². The minimum atomic E-state index is -0.542. The van der Waals surface area contributed by atoms with Crippen molar-refractivity contribution in [3.05, 3.63) is 20.8 Å². The highest BCUT2D eigenvalue weighted by Crippen LogP contribution is 2.23. The van der Waals surface area contributed by atoms with Gasteiger partial charge in [-0.2, -0.15) is 0 Å². The van der Waals surface area contributed by atoms with E-state index in [2.05, 4.69) is 33.0 Å². The largest absolute Gasteiger partial charge is 0.383 e. The molecule has 5 nitrogen and oxygen atoms in total. The maximum absolute atomic E-state index is 12.1. The lowest BCUT2D eigenvalue weighted by Gasteiger charge is -2.35. The van der Waals surface area contributed by atoms with E-state index in [1.54, 1.807) is 18.4 Å². The van der Waals surface area contributed by atoms with Gasteiger partial charge in [-0.25, -0.2) is 0 Å². The predicted molar refractivity (Wildman–Crippen MR) is 98.2 cm³/mol. The Kier molecular flexibility index (Phi) is 10.9. The number of rotatable bonds is 5. The molecule has 0 aliphatic carbocycles. The highest BCUT2D eigenvalue weighted by Gasteiger charge is 2.25. The van der Waals surface area contributed by atoms with Crippen molar-refractivity contribution in [1.29, 1.82) is 0 Å². The van der Waals surface area contributed by atoms with Gasteiger partial charge in [-0.15, -0.1) is 36.2 Å². The van der Waals surface area contributed by atoms with Crippen LogP contribution in [0.15, 0.2) is 15.9 Å². The highest BCUT2D eigenvalue weighted by atomic mass is 79.9. The fourth-order valence-electron chi connectivity index (χ4n) is 2.27. The lowest BCUT2D eigenvalue weighted by molar-refractivity contribution is -0.135. The maximum Gasteiger partial charge on any atom is 0.241 e. The van der Waals surface area contributed by atoms with Crippen LogP contribution in [-0.4, -0.2) is 61.6 Å². The molecule has 0 bridgehead atoms. The van der Waals surface area contributed by atoms with Gasteiger partial charge in [0.1, 0.15) is 6.04 Å². The second kappa shape index (κ2) is 10.8. The van der Waals surface area contributed by atoms with E-state index in [4.69, 9.17) is 10.5 Å². The van der Waals surface area contributed by atoms with E-state index in [0.29, 0.717) is 0 Å². The summed E-state index contributed by atoms with van der Waals surface area (Å²) in [5, 5.41) is 0. The molecule has 1 unspecified atom stereocenters. The van der Waals surface area contributed by atoms with Gasteiger partial charge in [0.05, 0.1) is 10.4 Å². The number of halogens is 3. The predicted octanol–water partition coefficient (Wildman–Crippen LogP) is 1.97. The van der Waals surface area contributed by atoms with Crippen LogP contribution in [0.2, 0.25) is 0 Å². The molecular formula is C13H22BrCl2N3O2S. The van der Waals surface area contributed by atoms with Crippen molar-refractivity contribution in [1.82, 2.24) is 9.80 Å². The third-order valence-electron chi connectivity index (χ3n) is 3.36. The Balaban J connectivity index is 0.00000220. The lowest BCUT2D eigenvalue weighted by Crippen LogP contribution is -2.53. The summed E-state index contributed by atoms with van der Waals surface area (Å²) in [7, 11) is 1.56. The molecule has 0 radical (unpaired) electrons. The summed E-state index contributed by atoms with van der Waals surface area (Å²) in [5.41, 5.74) is 5.79. The Hall–Kier alpha value is 0.110. The van der Waals surface area contributed by atoms with E-state index >= 15 is 0 Å². The fourth-order valence-corrected chi connectivity index (χ4v) is 3.79. The Bertz CT molecular complexity index is 456. The van der Waals surface area contributed by atoms with Gasteiger partial charge in [-0.1, -0.05) is 0 Å². The number of carbonyl (C=O) groups excluding carboxylic acids is 1. The molecule has 2 N–H and O–H groups in total. The summed E-state index contributed by atoms with van der Waals surface area (Å²) >= 11 is 5.24. The number of methoxy groups -OCH3 is 1. The number of hydrogen-bond donors (Lipinski definition) is 1. The van der Waals surface area contributed by atoms with Crippen LogP contribution in [0.1, 0.15) is 4.88 Å². The third kappa shape index (κ3) is 6.31. The average molecular weight is 435 g/mol. The number of hydrogen-bond acceptors (Lipinski definition) is 5. The Labute approximate surface area is 156 Å². The zero-order valence-electron chi connectivity index (χ0n) is 12.4. The summed E-state index contributed by atoms with van der Waals surface area (Å²) in [6.07, 6.45) is 0. The van der Waals surface area contributed by atoms with Crippen LogP contribution >= 0.6 is 52.1 Å². The maximum atomic E-state index is 12.1. The number of carbonyl (C=O) groups is 1. The van der Waals surface area contributed by atoms with Gasteiger partial charge in [-0.3, -0.25) is 9.69 Å².